The average molecular weight is 382 g/mol. The summed E-state index contributed by atoms with van der Waals surface area (Å²) in [6, 6.07) is 7.08. The van der Waals surface area contributed by atoms with Gasteiger partial charge < -0.3 is 15.3 Å². The lowest BCUT2D eigenvalue weighted by atomic mass is 10.3. The van der Waals surface area contributed by atoms with Crippen LogP contribution in [-0.2, 0) is 14.6 Å². The number of nitrogens with zero attached hydrogens (tertiary/aromatic N) is 1. The van der Waals surface area contributed by atoms with Crippen LogP contribution >= 0.6 is 11.3 Å². The zero-order chi connectivity index (χ0) is 18.6. The van der Waals surface area contributed by atoms with E-state index in [1.807, 2.05) is 0 Å². The Hall–Kier alpha value is -2.39. The van der Waals surface area contributed by atoms with Gasteiger partial charge in [0.05, 0.1) is 27.8 Å². The van der Waals surface area contributed by atoms with E-state index in [1.165, 1.54) is 48.4 Å². The van der Waals surface area contributed by atoms with Gasteiger partial charge in [0, 0.05) is 7.05 Å². The zero-order valence-corrected chi connectivity index (χ0v) is 15.4. The number of likely N-dealkylation sites (N-methyl/N-ethyl adjacent to an activating group) is 1. The van der Waals surface area contributed by atoms with Crippen molar-refractivity contribution in [3.63, 3.8) is 0 Å². The summed E-state index contributed by atoms with van der Waals surface area (Å²) >= 11 is 1.27. The molecule has 0 fully saturated rings. The number of hydrogen-bond donors (Lipinski definition) is 2. The number of phenolic OH excluding ortho intramolecular Hbond substituents is 1. The molecule has 0 bridgehead atoms. The fraction of sp³-hybridized carbons (Fsp3) is 0.250. The maximum Gasteiger partial charge on any atom is 0.264 e. The molecule has 0 radical (unpaired) electrons. The smallest absolute Gasteiger partial charge is 0.264 e. The first-order chi connectivity index (χ1) is 11.7. The van der Waals surface area contributed by atoms with Gasteiger partial charge in [-0.3, -0.25) is 9.59 Å². The monoisotopic (exact) mass is 382 g/mol. The molecule has 0 aliphatic carbocycles. The standard InChI is InChI=1S/C16H18N2O5S2/c1-3-25(22,23)11-6-7-13(19)12(9-11)17-15(20)10-18(2)16(21)14-5-4-8-24-14/h4-9,19H,3,10H2,1-2H3,(H,17,20). The molecule has 2 aromatic rings. The summed E-state index contributed by atoms with van der Waals surface area (Å²) in [5.74, 6) is -1.19. The molecule has 0 unspecified atom stereocenters. The van der Waals surface area contributed by atoms with Gasteiger partial charge in [-0.2, -0.15) is 0 Å². The Morgan fingerprint density at radius 2 is 2.00 bits per heavy atom. The molecular formula is C16H18N2O5S2. The van der Waals surface area contributed by atoms with Crippen molar-refractivity contribution >= 4 is 38.7 Å². The van der Waals surface area contributed by atoms with E-state index < -0.39 is 15.7 Å². The number of aromatic hydroxyl groups is 1. The number of hydrogen-bond acceptors (Lipinski definition) is 6. The van der Waals surface area contributed by atoms with Crippen molar-refractivity contribution in [2.45, 2.75) is 11.8 Å². The Kier molecular flexibility index (Phi) is 5.81. The van der Waals surface area contributed by atoms with E-state index in [9.17, 15) is 23.1 Å². The quantitative estimate of drug-likeness (QED) is 0.743. The molecule has 2 amide bonds. The molecule has 2 N–H and O–H groups in total. The van der Waals surface area contributed by atoms with Crippen molar-refractivity contribution in [1.29, 1.82) is 0 Å². The molecule has 1 aromatic heterocycles. The zero-order valence-electron chi connectivity index (χ0n) is 13.7. The minimum atomic E-state index is -3.46. The van der Waals surface area contributed by atoms with Crippen LogP contribution < -0.4 is 5.32 Å². The van der Waals surface area contributed by atoms with Gasteiger partial charge in [-0.05, 0) is 29.6 Å². The van der Waals surface area contributed by atoms with Crippen LogP contribution in [0.4, 0.5) is 5.69 Å². The molecule has 0 spiro atoms. The Morgan fingerprint density at radius 1 is 1.28 bits per heavy atom. The minimum absolute atomic E-state index is 0.00566. The fourth-order valence-corrected chi connectivity index (χ4v) is 3.66. The van der Waals surface area contributed by atoms with Gasteiger partial charge in [0.1, 0.15) is 5.75 Å². The van der Waals surface area contributed by atoms with E-state index in [0.29, 0.717) is 4.88 Å². The maximum absolute atomic E-state index is 12.1. The number of benzene rings is 1. The fourth-order valence-electron chi connectivity index (χ4n) is 2.04. The first-order valence-electron chi connectivity index (χ1n) is 7.39. The lowest BCUT2D eigenvalue weighted by Crippen LogP contribution is -2.34. The van der Waals surface area contributed by atoms with Crippen LogP contribution in [0, 0.1) is 0 Å². The van der Waals surface area contributed by atoms with Crippen molar-refractivity contribution in [2.24, 2.45) is 0 Å². The summed E-state index contributed by atoms with van der Waals surface area (Å²) in [6.07, 6.45) is 0. The number of anilines is 1. The third-order valence-corrected chi connectivity index (χ3v) is 6.03. The third-order valence-electron chi connectivity index (χ3n) is 3.44. The Labute approximate surface area is 149 Å². The number of thiophene rings is 1. The molecule has 134 valence electrons. The first-order valence-corrected chi connectivity index (χ1v) is 9.92. The third kappa shape index (κ3) is 4.58. The average Bonchev–Trinajstić information content (AvgIpc) is 3.10. The lowest BCUT2D eigenvalue weighted by molar-refractivity contribution is -0.116. The molecule has 0 aliphatic rings. The predicted molar refractivity (Wildman–Crippen MR) is 95.7 cm³/mol. The van der Waals surface area contributed by atoms with Crippen molar-refractivity contribution in [1.82, 2.24) is 4.90 Å². The molecular weight excluding hydrogens is 364 g/mol. The van der Waals surface area contributed by atoms with E-state index in [4.69, 9.17) is 0 Å². The summed E-state index contributed by atoms with van der Waals surface area (Å²) < 4.78 is 23.8. The number of phenols is 1. The number of carbonyl (C=O) groups excluding carboxylic acids is 2. The van der Waals surface area contributed by atoms with Crippen LogP contribution in [0.2, 0.25) is 0 Å². The summed E-state index contributed by atoms with van der Waals surface area (Å²) in [5, 5.41) is 14.0. The molecule has 1 heterocycles. The van der Waals surface area contributed by atoms with E-state index in [1.54, 1.807) is 17.5 Å². The summed E-state index contributed by atoms with van der Waals surface area (Å²) in [7, 11) is -1.98. The van der Waals surface area contributed by atoms with Gasteiger partial charge >= 0.3 is 0 Å². The second kappa shape index (κ2) is 7.66. The number of amides is 2. The second-order valence-electron chi connectivity index (χ2n) is 5.27. The molecule has 0 aliphatic heterocycles. The Balaban J connectivity index is 2.10. The van der Waals surface area contributed by atoms with Crippen LogP contribution in [0.15, 0.2) is 40.6 Å². The molecule has 0 saturated carbocycles. The highest BCUT2D eigenvalue weighted by atomic mass is 32.2. The van der Waals surface area contributed by atoms with E-state index in [0.717, 1.165) is 0 Å². The molecule has 25 heavy (non-hydrogen) atoms. The first kappa shape index (κ1) is 18.9. The maximum atomic E-state index is 12.1. The van der Waals surface area contributed by atoms with Gasteiger partial charge in [0.15, 0.2) is 9.84 Å². The highest BCUT2D eigenvalue weighted by Gasteiger charge is 2.18. The predicted octanol–water partition coefficient (Wildman–Crippen LogP) is 1.96. The largest absolute Gasteiger partial charge is 0.506 e. The summed E-state index contributed by atoms with van der Waals surface area (Å²) in [4.78, 5) is 26.0. The van der Waals surface area contributed by atoms with Gasteiger partial charge in [0.25, 0.3) is 5.91 Å². The highest BCUT2D eigenvalue weighted by Crippen LogP contribution is 2.27. The van der Waals surface area contributed by atoms with E-state index >= 15 is 0 Å². The van der Waals surface area contributed by atoms with Crippen molar-refractivity contribution < 1.29 is 23.1 Å². The second-order valence-corrected chi connectivity index (χ2v) is 8.50. The van der Waals surface area contributed by atoms with Crippen molar-refractivity contribution in [3.8, 4) is 5.75 Å². The van der Waals surface area contributed by atoms with Gasteiger partial charge in [-0.15, -0.1) is 11.3 Å². The van der Waals surface area contributed by atoms with Gasteiger partial charge in [0.2, 0.25) is 5.91 Å². The SMILES string of the molecule is CCS(=O)(=O)c1ccc(O)c(NC(=O)CN(C)C(=O)c2cccs2)c1. The van der Waals surface area contributed by atoms with E-state index in [2.05, 4.69) is 5.32 Å². The van der Waals surface area contributed by atoms with Crippen LogP contribution in [0.25, 0.3) is 0 Å². The normalized spacial score (nSPS) is 11.1. The summed E-state index contributed by atoms with van der Waals surface area (Å²) in [6.45, 7) is 1.27. The van der Waals surface area contributed by atoms with Crippen molar-refractivity contribution in [3.05, 3.63) is 40.6 Å². The molecule has 9 heteroatoms. The highest BCUT2D eigenvalue weighted by molar-refractivity contribution is 7.91. The minimum Gasteiger partial charge on any atom is -0.506 e. The molecule has 0 saturated heterocycles. The van der Waals surface area contributed by atoms with Gasteiger partial charge in [-0.25, -0.2) is 8.42 Å². The topological polar surface area (TPSA) is 104 Å². The van der Waals surface area contributed by atoms with Gasteiger partial charge in [-0.1, -0.05) is 13.0 Å². The molecule has 1 aromatic carbocycles. The van der Waals surface area contributed by atoms with E-state index in [-0.39, 0.29) is 34.5 Å². The summed E-state index contributed by atoms with van der Waals surface area (Å²) in [5.41, 5.74) is -0.0171. The Bertz CT molecular complexity index is 876. The lowest BCUT2D eigenvalue weighted by Gasteiger charge is -2.16. The molecule has 2 rings (SSSR count). The van der Waals surface area contributed by atoms with Crippen LogP contribution in [0.1, 0.15) is 16.6 Å². The van der Waals surface area contributed by atoms with Crippen LogP contribution in [0.5, 0.6) is 5.75 Å². The number of nitrogens with one attached hydrogen (secondary N) is 1. The van der Waals surface area contributed by atoms with Crippen LogP contribution in [0.3, 0.4) is 0 Å². The molecule has 7 nitrogen and oxygen atoms in total. The number of carbonyl (C=O) groups is 2. The van der Waals surface area contributed by atoms with Crippen molar-refractivity contribution in [2.75, 3.05) is 24.7 Å². The number of rotatable bonds is 6. The van der Waals surface area contributed by atoms with Crippen LogP contribution in [-0.4, -0.2) is 49.6 Å². The number of sulfone groups is 1. The molecule has 0 atom stereocenters. The Morgan fingerprint density at radius 3 is 2.60 bits per heavy atom.